The van der Waals surface area contributed by atoms with E-state index < -0.39 is 0 Å². The Hall–Kier alpha value is -0.600. The van der Waals surface area contributed by atoms with Gasteiger partial charge in [0.1, 0.15) is 21.9 Å². The molecule has 1 aliphatic rings. The molecular formula is C16H17BrINO3. The lowest BCUT2D eigenvalue weighted by Gasteiger charge is -2.16. The van der Waals surface area contributed by atoms with E-state index in [1.54, 1.807) is 0 Å². The summed E-state index contributed by atoms with van der Waals surface area (Å²) in [6, 6.07) is 0. The van der Waals surface area contributed by atoms with Gasteiger partial charge in [0.2, 0.25) is 0 Å². The van der Waals surface area contributed by atoms with Crippen molar-refractivity contribution < 1.29 is 9.15 Å². The highest BCUT2D eigenvalue weighted by atomic mass is 127. The second kappa shape index (κ2) is 5.79. The van der Waals surface area contributed by atoms with Crippen LogP contribution in [0.15, 0.2) is 13.7 Å². The van der Waals surface area contributed by atoms with Gasteiger partial charge in [-0.25, -0.2) is 4.79 Å². The van der Waals surface area contributed by atoms with Gasteiger partial charge in [-0.15, -0.1) is 0 Å². The fraction of sp³-hybridized carbons (Fsp3) is 0.438. The van der Waals surface area contributed by atoms with Crippen molar-refractivity contribution in [2.45, 2.75) is 26.4 Å². The number of halogens is 2. The molecule has 2 aromatic rings. The fourth-order valence-electron chi connectivity index (χ4n) is 3.02. The van der Waals surface area contributed by atoms with Crippen LogP contribution in [0.1, 0.15) is 16.7 Å². The van der Waals surface area contributed by atoms with E-state index in [1.165, 1.54) is 5.56 Å². The van der Waals surface area contributed by atoms with Crippen molar-refractivity contribution in [3.63, 3.8) is 0 Å². The van der Waals surface area contributed by atoms with Crippen molar-refractivity contribution in [3.05, 3.63) is 35.2 Å². The first-order valence-electron chi connectivity index (χ1n) is 7.06. The molecule has 3 rings (SSSR count). The first-order valence-corrected chi connectivity index (χ1v) is 8.93. The normalized spacial score (nSPS) is 17.1. The van der Waals surface area contributed by atoms with Crippen molar-refractivity contribution in [2.24, 2.45) is 0 Å². The number of hydrogen-bond acceptors (Lipinski definition) is 4. The van der Waals surface area contributed by atoms with Crippen LogP contribution in [-0.4, -0.2) is 31.6 Å². The lowest BCUT2D eigenvalue weighted by molar-refractivity contribution is 0.183. The Kier molecular flexibility index (Phi) is 4.28. The molecule has 118 valence electrons. The largest absolute Gasteiger partial charge is 0.488 e. The van der Waals surface area contributed by atoms with Crippen LogP contribution in [0.2, 0.25) is 0 Å². The molecule has 0 N–H and O–H groups in total. The van der Waals surface area contributed by atoms with Crippen LogP contribution in [0.25, 0.3) is 11.0 Å². The van der Waals surface area contributed by atoms with Gasteiger partial charge in [0.15, 0.2) is 0 Å². The summed E-state index contributed by atoms with van der Waals surface area (Å²) in [5.41, 5.74) is 3.37. The molecule has 0 aliphatic carbocycles. The Morgan fingerprint density at radius 2 is 2.00 bits per heavy atom. The van der Waals surface area contributed by atoms with Crippen molar-refractivity contribution in [1.82, 2.24) is 4.90 Å². The molecule has 1 aliphatic heterocycles. The average Bonchev–Trinajstić information content (AvgIpc) is 2.85. The molecule has 0 amide bonds. The van der Waals surface area contributed by atoms with Gasteiger partial charge in [-0.2, -0.15) is 0 Å². The van der Waals surface area contributed by atoms with Crippen LogP contribution in [-0.2, 0) is 6.42 Å². The van der Waals surface area contributed by atoms with E-state index in [-0.39, 0.29) is 11.7 Å². The number of ether oxygens (including phenoxy) is 1. The van der Waals surface area contributed by atoms with Gasteiger partial charge in [-0.05, 0) is 72.0 Å². The van der Waals surface area contributed by atoms with Gasteiger partial charge in [0.05, 0.1) is 0 Å². The standard InChI is InChI=1S/C16H17BrINO3/c1-7-11-13(18)10-5-9(6-19(3)4)21-14(10)8(2)15(11)22-16(20)12(7)17/h9H,5-6H2,1-4H3. The van der Waals surface area contributed by atoms with E-state index in [0.29, 0.717) is 10.1 Å². The molecule has 2 heterocycles. The van der Waals surface area contributed by atoms with Gasteiger partial charge in [-0.1, -0.05) is 0 Å². The molecule has 22 heavy (non-hydrogen) atoms. The van der Waals surface area contributed by atoms with E-state index in [4.69, 9.17) is 9.15 Å². The van der Waals surface area contributed by atoms with E-state index in [1.807, 2.05) is 27.9 Å². The topological polar surface area (TPSA) is 42.7 Å². The molecule has 0 spiro atoms. The predicted molar refractivity (Wildman–Crippen MR) is 99.0 cm³/mol. The minimum atomic E-state index is -0.341. The number of fused-ring (bicyclic) bond motifs is 2. The van der Waals surface area contributed by atoms with Crippen molar-refractivity contribution in [3.8, 4) is 5.75 Å². The molecule has 6 heteroatoms. The van der Waals surface area contributed by atoms with Gasteiger partial charge < -0.3 is 14.1 Å². The molecule has 0 fully saturated rings. The third kappa shape index (κ3) is 2.49. The minimum Gasteiger partial charge on any atom is -0.488 e. The van der Waals surface area contributed by atoms with E-state index in [0.717, 1.165) is 38.8 Å². The number of hydrogen-bond donors (Lipinski definition) is 0. The van der Waals surface area contributed by atoms with E-state index in [9.17, 15) is 4.79 Å². The SMILES string of the molecule is Cc1c2c(c(I)c3c(C)c(Br)c(=O)oc13)CC(CN(C)C)O2. The van der Waals surface area contributed by atoms with Crippen LogP contribution in [0.3, 0.4) is 0 Å². The number of likely N-dealkylation sites (N-methyl/N-ethyl adjacent to an activating group) is 1. The molecule has 1 aromatic carbocycles. The molecular weight excluding hydrogens is 461 g/mol. The van der Waals surface area contributed by atoms with Crippen LogP contribution in [0.4, 0.5) is 0 Å². The zero-order chi connectivity index (χ0) is 16.2. The summed E-state index contributed by atoms with van der Waals surface area (Å²) in [6.07, 6.45) is 1.03. The fourth-order valence-corrected chi connectivity index (χ4v) is 4.41. The quantitative estimate of drug-likeness (QED) is 0.489. The van der Waals surface area contributed by atoms with Crippen LogP contribution < -0.4 is 10.4 Å². The van der Waals surface area contributed by atoms with Crippen LogP contribution in [0, 0.1) is 17.4 Å². The second-order valence-corrected chi connectivity index (χ2v) is 7.86. The van der Waals surface area contributed by atoms with Crippen LogP contribution >= 0.6 is 38.5 Å². The Bertz CT molecular complexity index is 829. The minimum absolute atomic E-state index is 0.143. The third-order valence-electron chi connectivity index (χ3n) is 4.03. The summed E-state index contributed by atoms with van der Waals surface area (Å²) >= 11 is 5.68. The maximum atomic E-state index is 12.0. The van der Waals surface area contributed by atoms with Gasteiger partial charge >= 0.3 is 5.63 Å². The Labute approximate surface area is 151 Å². The summed E-state index contributed by atoms with van der Waals surface area (Å²) in [4.78, 5) is 14.1. The Morgan fingerprint density at radius 3 is 2.64 bits per heavy atom. The number of rotatable bonds is 2. The maximum Gasteiger partial charge on any atom is 0.350 e. The monoisotopic (exact) mass is 477 g/mol. The summed E-state index contributed by atoms with van der Waals surface area (Å²) in [7, 11) is 4.09. The zero-order valence-electron chi connectivity index (χ0n) is 12.9. The number of aryl methyl sites for hydroxylation is 2. The summed E-state index contributed by atoms with van der Waals surface area (Å²) in [5.74, 6) is 0.883. The Balaban J connectivity index is 2.26. The summed E-state index contributed by atoms with van der Waals surface area (Å²) in [5, 5.41) is 1.01. The number of nitrogens with zero attached hydrogens (tertiary/aromatic N) is 1. The maximum absolute atomic E-state index is 12.0. The zero-order valence-corrected chi connectivity index (χ0v) is 16.7. The molecule has 1 unspecified atom stereocenters. The highest BCUT2D eigenvalue weighted by Gasteiger charge is 2.30. The van der Waals surface area contributed by atoms with Crippen molar-refractivity contribution >= 4 is 49.5 Å². The van der Waals surface area contributed by atoms with Gasteiger partial charge in [0, 0.05) is 33.0 Å². The molecule has 0 saturated heterocycles. The molecule has 1 aromatic heterocycles. The molecule has 0 bridgehead atoms. The molecule has 4 nitrogen and oxygen atoms in total. The third-order valence-corrected chi connectivity index (χ3v) is 6.14. The van der Waals surface area contributed by atoms with Crippen molar-refractivity contribution in [1.29, 1.82) is 0 Å². The highest BCUT2D eigenvalue weighted by molar-refractivity contribution is 14.1. The molecule has 0 radical (unpaired) electrons. The average molecular weight is 478 g/mol. The lowest BCUT2D eigenvalue weighted by Crippen LogP contribution is -2.29. The summed E-state index contributed by atoms with van der Waals surface area (Å²) in [6.45, 7) is 4.78. The van der Waals surface area contributed by atoms with Crippen LogP contribution in [0.5, 0.6) is 5.75 Å². The lowest BCUT2D eigenvalue weighted by atomic mass is 10.0. The van der Waals surface area contributed by atoms with Gasteiger partial charge in [0.25, 0.3) is 0 Å². The number of benzene rings is 1. The highest BCUT2D eigenvalue weighted by Crippen LogP contribution is 2.42. The summed E-state index contributed by atoms with van der Waals surface area (Å²) < 4.78 is 13.3. The first-order chi connectivity index (χ1) is 10.3. The second-order valence-electron chi connectivity index (χ2n) is 5.99. The smallest absolute Gasteiger partial charge is 0.350 e. The van der Waals surface area contributed by atoms with E-state index >= 15 is 0 Å². The van der Waals surface area contributed by atoms with Gasteiger partial charge in [-0.3, -0.25) is 0 Å². The van der Waals surface area contributed by atoms with E-state index in [2.05, 4.69) is 43.4 Å². The Morgan fingerprint density at radius 1 is 1.32 bits per heavy atom. The van der Waals surface area contributed by atoms with Crippen molar-refractivity contribution in [2.75, 3.05) is 20.6 Å². The molecule has 1 atom stereocenters. The first kappa shape index (κ1) is 16.3. The predicted octanol–water partition coefficient (Wildman–Crippen LogP) is 3.64. The molecule has 0 saturated carbocycles.